The molecule has 10 nitrogen and oxygen atoms in total. The molecule has 6 heterocycles. The molecule has 3 amide bonds. The number of likely N-dealkylation sites (tertiary alicyclic amines) is 1. The number of nitrogens with one attached hydrogen (secondary N) is 1. The lowest BCUT2D eigenvalue weighted by Crippen LogP contribution is -2.61. The monoisotopic (exact) mass is 581 g/mol. The molecule has 4 saturated heterocycles. The van der Waals surface area contributed by atoms with Gasteiger partial charge in [0.2, 0.25) is 11.8 Å². The number of ether oxygens (including phenoxy) is 2. The van der Waals surface area contributed by atoms with Crippen molar-refractivity contribution in [3.8, 4) is 5.75 Å². The predicted molar refractivity (Wildman–Crippen MR) is 159 cm³/mol. The zero-order valence-electron chi connectivity index (χ0n) is 24.1. The number of pyridine rings is 1. The van der Waals surface area contributed by atoms with Gasteiger partial charge in [0.1, 0.15) is 23.7 Å². The van der Waals surface area contributed by atoms with Crippen molar-refractivity contribution in [2.45, 2.75) is 62.9 Å². The highest BCUT2D eigenvalue weighted by molar-refractivity contribution is 6.05. The van der Waals surface area contributed by atoms with E-state index in [0.717, 1.165) is 80.3 Å². The molecule has 1 spiro atoms. The van der Waals surface area contributed by atoms with Gasteiger partial charge in [-0.2, -0.15) is 0 Å². The summed E-state index contributed by atoms with van der Waals surface area (Å²) in [7, 11) is 0. The number of carbonyl (C=O) groups excluding carboxylic acids is 3. The van der Waals surface area contributed by atoms with E-state index in [9.17, 15) is 14.4 Å². The molecule has 8 rings (SSSR count). The Labute approximate surface area is 249 Å². The van der Waals surface area contributed by atoms with E-state index in [4.69, 9.17) is 14.5 Å². The van der Waals surface area contributed by atoms with Crippen molar-refractivity contribution < 1.29 is 23.9 Å². The van der Waals surface area contributed by atoms with Crippen LogP contribution in [0.15, 0.2) is 48.5 Å². The summed E-state index contributed by atoms with van der Waals surface area (Å²) in [6.07, 6.45) is 3.86. The third-order valence-electron chi connectivity index (χ3n) is 9.90. The number of imide groups is 1. The van der Waals surface area contributed by atoms with Crippen molar-refractivity contribution in [3.63, 3.8) is 0 Å². The van der Waals surface area contributed by atoms with Gasteiger partial charge >= 0.3 is 0 Å². The van der Waals surface area contributed by atoms with Crippen molar-refractivity contribution in [2.24, 2.45) is 0 Å². The van der Waals surface area contributed by atoms with Gasteiger partial charge in [-0.15, -0.1) is 0 Å². The maximum atomic E-state index is 13.0. The minimum Gasteiger partial charge on any atom is -0.489 e. The SMILES string of the molecule is O=C1CCC(N2Cc3cc(O[C@H]4CCN(Cc5ccc6nc(N7CC[C@@]78CCOC8)ccc6c5)C4)ccc3C2=O)C(=O)N1. The van der Waals surface area contributed by atoms with Crippen molar-refractivity contribution in [1.82, 2.24) is 20.1 Å². The molecular weight excluding hydrogens is 546 g/mol. The predicted octanol–water partition coefficient (Wildman–Crippen LogP) is 3.02. The van der Waals surface area contributed by atoms with Gasteiger partial charge in [-0.1, -0.05) is 6.07 Å². The lowest BCUT2D eigenvalue weighted by Gasteiger charge is -2.50. The van der Waals surface area contributed by atoms with E-state index in [2.05, 4.69) is 45.4 Å². The Morgan fingerprint density at radius 2 is 1.95 bits per heavy atom. The van der Waals surface area contributed by atoms with E-state index in [-0.39, 0.29) is 29.9 Å². The molecule has 0 bridgehead atoms. The first-order valence-corrected chi connectivity index (χ1v) is 15.4. The van der Waals surface area contributed by atoms with Gasteiger partial charge in [0, 0.05) is 56.7 Å². The van der Waals surface area contributed by atoms with Crippen molar-refractivity contribution in [2.75, 3.05) is 37.7 Å². The molecule has 1 N–H and O–H groups in total. The van der Waals surface area contributed by atoms with Gasteiger partial charge in [-0.3, -0.25) is 24.6 Å². The van der Waals surface area contributed by atoms with Crippen LogP contribution in [0.25, 0.3) is 10.9 Å². The Balaban J connectivity index is 0.885. The fourth-order valence-corrected chi connectivity index (χ4v) is 7.43. The molecular formula is C33H35N5O5. The molecule has 3 atom stereocenters. The number of amides is 3. The van der Waals surface area contributed by atoms with Crippen molar-refractivity contribution >= 4 is 34.4 Å². The third kappa shape index (κ3) is 4.73. The summed E-state index contributed by atoms with van der Waals surface area (Å²) < 4.78 is 12.1. The van der Waals surface area contributed by atoms with Crippen molar-refractivity contribution in [1.29, 1.82) is 0 Å². The minimum atomic E-state index is -0.613. The maximum Gasteiger partial charge on any atom is 0.255 e. The molecule has 0 radical (unpaired) electrons. The normalized spacial score (nSPS) is 27.2. The van der Waals surface area contributed by atoms with Crippen LogP contribution in [0.3, 0.4) is 0 Å². The molecule has 1 unspecified atom stereocenters. The van der Waals surface area contributed by atoms with Gasteiger partial charge in [0.25, 0.3) is 5.91 Å². The number of fused-ring (bicyclic) bond motifs is 2. The van der Waals surface area contributed by atoms with E-state index in [1.807, 2.05) is 12.1 Å². The van der Waals surface area contributed by atoms with E-state index in [1.165, 1.54) is 12.0 Å². The number of aromatic nitrogens is 1. The van der Waals surface area contributed by atoms with E-state index in [1.54, 1.807) is 11.0 Å². The first kappa shape index (κ1) is 26.6. The molecule has 5 aliphatic heterocycles. The highest BCUT2D eigenvalue weighted by atomic mass is 16.5. The number of hydrogen-bond donors (Lipinski definition) is 1. The van der Waals surface area contributed by atoms with Gasteiger partial charge in [-0.05, 0) is 79.3 Å². The second-order valence-corrected chi connectivity index (χ2v) is 12.6. The molecule has 222 valence electrons. The highest BCUT2D eigenvalue weighted by Gasteiger charge is 2.48. The van der Waals surface area contributed by atoms with E-state index in [0.29, 0.717) is 18.5 Å². The van der Waals surface area contributed by atoms with Crippen LogP contribution >= 0.6 is 0 Å². The fourth-order valence-electron chi connectivity index (χ4n) is 7.43. The molecule has 3 aromatic rings. The Kier molecular flexibility index (Phi) is 6.38. The molecule has 10 heteroatoms. The average molecular weight is 582 g/mol. The fraction of sp³-hybridized carbons (Fsp3) is 0.455. The summed E-state index contributed by atoms with van der Waals surface area (Å²) in [6.45, 7) is 5.67. The summed E-state index contributed by atoms with van der Waals surface area (Å²) in [5.41, 5.74) is 3.89. The molecule has 2 aromatic carbocycles. The summed E-state index contributed by atoms with van der Waals surface area (Å²) in [6, 6.07) is 15.9. The third-order valence-corrected chi connectivity index (χ3v) is 9.90. The summed E-state index contributed by atoms with van der Waals surface area (Å²) in [5.74, 6) is 0.943. The number of carbonyl (C=O) groups is 3. The maximum absolute atomic E-state index is 13.0. The van der Waals surface area contributed by atoms with Gasteiger partial charge < -0.3 is 19.3 Å². The quantitative estimate of drug-likeness (QED) is 0.443. The largest absolute Gasteiger partial charge is 0.489 e. The minimum absolute atomic E-state index is 0.0643. The van der Waals surface area contributed by atoms with Gasteiger partial charge in [-0.25, -0.2) is 4.98 Å². The average Bonchev–Trinajstić information content (AvgIpc) is 3.73. The number of hydrogen-bond acceptors (Lipinski definition) is 8. The Bertz CT molecular complexity index is 1640. The zero-order valence-corrected chi connectivity index (χ0v) is 24.1. The van der Waals surface area contributed by atoms with Gasteiger partial charge in [0.15, 0.2) is 0 Å². The molecule has 0 saturated carbocycles. The van der Waals surface area contributed by atoms with Gasteiger partial charge in [0.05, 0.1) is 17.7 Å². The van der Waals surface area contributed by atoms with Crippen molar-refractivity contribution in [3.05, 3.63) is 65.2 Å². The Hall–Kier alpha value is -4.02. The Morgan fingerprint density at radius 3 is 2.77 bits per heavy atom. The second-order valence-electron chi connectivity index (χ2n) is 12.6. The molecule has 43 heavy (non-hydrogen) atoms. The number of rotatable bonds is 6. The van der Waals surface area contributed by atoms with Crippen LogP contribution in [0.5, 0.6) is 5.75 Å². The number of nitrogens with zero attached hydrogens (tertiary/aromatic N) is 4. The van der Waals surface area contributed by atoms with Crippen LogP contribution in [0.2, 0.25) is 0 Å². The first-order valence-electron chi connectivity index (χ1n) is 15.4. The van der Waals surface area contributed by atoms with E-state index < -0.39 is 11.9 Å². The smallest absolute Gasteiger partial charge is 0.255 e. The zero-order chi connectivity index (χ0) is 29.1. The molecule has 5 aliphatic rings. The topological polar surface area (TPSA) is 104 Å². The molecule has 4 fully saturated rings. The standard InChI is InChI=1S/C33H35N5O5/c39-30-8-6-28(31(40)35-30)37-18-23-16-24(3-4-26(23)32(37)41)43-25-9-12-36(19-25)17-21-1-5-27-22(15-21)2-7-29(34-27)38-13-10-33(38)11-14-42-20-33/h1-5,7,15-16,25,28H,6,8-14,17-20H2,(H,35,39,40)/t25-,28?,33-/m0/s1. The van der Waals surface area contributed by atoms with Crippen LogP contribution in [0, 0.1) is 0 Å². The van der Waals surface area contributed by atoms with Crippen LogP contribution in [-0.4, -0.2) is 83.0 Å². The van der Waals surface area contributed by atoms with Crippen LogP contribution in [0.4, 0.5) is 5.82 Å². The number of benzene rings is 2. The van der Waals surface area contributed by atoms with Crippen LogP contribution < -0.4 is 15.0 Å². The number of anilines is 1. The summed E-state index contributed by atoms with van der Waals surface area (Å²) in [5, 5.41) is 3.51. The summed E-state index contributed by atoms with van der Waals surface area (Å²) in [4.78, 5) is 48.3. The molecule has 0 aliphatic carbocycles. The first-order chi connectivity index (χ1) is 20.9. The summed E-state index contributed by atoms with van der Waals surface area (Å²) >= 11 is 0. The highest BCUT2D eigenvalue weighted by Crippen LogP contribution is 2.41. The van der Waals surface area contributed by atoms with Crippen LogP contribution in [0.1, 0.15) is 53.6 Å². The van der Waals surface area contributed by atoms with Crippen LogP contribution in [-0.2, 0) is 27.4 Å². The Morgan fingerprint density at radius 1 is 1.02 bits per heavy atom. The second kappa shape index (κ2) is 10.3. The molecule has 1 aromatic heterocycles. The van der Waals surface area contributed by atoms with E-state index >= 15 is 0 Å². The lowest BCUT2D eigenvalue weighted by molar-refractivity contribution is -0.136. The number of piperidine rings is 1. The lowest BCUT2D eigenvalue weighted by atomic mass is 9.84.